The van der Waals surface area contributed by atoms with E-state index in [1.165, 1.54) is 18.2 Å². The second kappa shape index (κ2) is 10.1. The molecule has 7 heteroatoms. The minimum absolute atomic E-state index is 0.0986. The van der Waals surface area contributed by atoms with Crippen LogP contribution >= 0.6 is 0 Å². The lowest BCUT2D eigenvalue weighted by Crippen LogP contribution is -2.46. The number of Topliss-reactive ketones (excluding diaryl/α,β-unsaturated/α-hetero) is 1. The van der Waals surface area contributed by atoms with Gasteiger partial charge in [-0.15, -0.1) is 0 Å². The van der Waals surface area contributed by atoms with Gasteiger partial charge in [0.05, 0.1) is 12.8 Å². The molecule has 0 saturated carbocycles. The number of hydrogen-bond acceptors (Lipinski definition) is 6. The van der Waals surface area contributed by atoms with Crippen LogP contribution < -0.4 is 9.64 Å². The van der Waals surface area contributed by atoms with Crippen molar-refractivity contribution in [2.24, 2.45) is 0 Å². The van der Waals surface area contributed by atoms with Crippen LogP contribution in [0.1, 0.15) is 40.0 Å². The van der Waals surface area contributed by atoms with Crippen molar-refractivity contribution in [3.05, 3.63) is 53.6 Å². The summed E-state index contributed by atoms with van der Waals surface area (Å²) in [5.41, 5.74) is 1.21. The molecule has 0 bridgehead atoms. The maximum absolute atomic E-state index is 12.3. The molecular formula is C23H28N2O5. The predicted molar refractivity (Wildman–Crippen MR) is 115 cm³/mol. The van der Waals surface area contributed by atoms with Gasteiger partial charge in [-0.25, -0.2) is 4.79 Å². The number of carboxylic acid groups (broad SMARTS) is 1. The van der Waals surface area contributed by atoms with E-state index in [9.17, 15) is 14.7 Å². The van der Waals surface area contributed by atoms with Gasteiger partial charge >= 0.3 is 5.97 Å². The Morgan fingerprint density at radius 2 is 1.77 bits per heavy atom. The number of benzene rings is 2. The summed E-state index contributed by atoms with van der Waals surface area (Å²) in [5, 5.41) is 18.6. The molecule has 2 N–H and O–H groups in total. The number of ketones is 1. The van der Waals surface area contributed by atoms with E-state index in [-0.39, 0.29) is 17.1 Å². The summed E-state index contributed by atoms with van der Waals surface area (Å²) >= 11 is 0. The Morgan fingerprint density at radius 1 is 1.03 bits per heavy atom. The van der Waals surface area contributed by atoms with E-state index in [1.807, 2.05) is 18.2 Å². The van der Waals surface area contributed by atoms with Crippen molar-refractivity contribution in [1.82, 2.24) is 4.90 Å². The molecule has 2 aromatic rings. The Balaban J connectivity index is 1.41. The van der Waals surface area contributed by atoms with Gasteiger partial charge < -0.3 is 19.8 Å². The van der Waals surface area contributed by atoms with E-state index in [2.05, 4.69) is 15.9 Å². The largest absolute Gasteiger partial charge is 0.507 e. The number of para-hydroxylation sites is 2. The summed E-state index contributed by atoms with van der Waals surface area (Å²) in [7, 11) is 1.69. The molecule has 0 aliphatic carbocycles. The van der Waals surface area contributed by atoms with Gasteiger partial charge in [-0.05, 0) is 49.7 Å². The average Bonchev–Trinajstić information content (AvgIpc) is 2.77. The number of methoxy groups -OCH3 is 1. The highest BCUT2D eigenvalue weighted by Gasteiger charge is 2.19. The number of anilines is 1. The number of ether oxygens (including phenoxy) is 1. The fraction of sp³-hybridized carbons (Fsp3) is 0.391. The van der Waals surface area contributed by atoms with Crippen molar-refractivity contribution in [2.45, 2.75) is 19.3 Å². The third-order valence-corrected chi connectivity index (χ3v) is 5.48. The van der Waals surface area contributed by atoms with Gasteiger partial charge in [0.1, 0.15) is 17.1 Å². The number of nitrogens with zero attached hydrogens (tertiary/aromatic N) is 2. The minimum Gasteiger partial charge on any atom is -0.507 e. The van der Waals surface area contributed by atoms with E-state index < -0.39 is 5.97 Å². The highest BCUT2D eigenvalue weighted by Crippen LogP contribution is 2.28. The quantitative estimate of drug-likeness (QED) is 0.482. The van der Waals surface area contributed by atoms with Gasteiger partial charge in [-0.3, -0.25) is 9.69 Å². The number of aromatic hydroxyl groups is 1. The first-order valence-electron chi connectivity index (χ1n) is 10.2. The number of unbranched alkanes of at least 4 members (excludes halogenated alkanes) is 1. The molecule has 0 aromatic heterocycles. The molecule has 160 valence electrons. The lowest BCUT2D eigenvalue weighted by atomic mass is 10.0. The maximum atomic E-state index is 12.3. The molecule has 1 aliphatic rings. The zero-order chi connectivity index (χ0) is 21.5. The molecule has 3 rings (SSSR count). The summed E-state index contributed by atoms with van der Waals surface area (Å²) in [6.45, 7) is 4.73. The normalized spacial score (nSPS) is 14.5. The standard InChI is InChI=1S/C23H28N2O5/c1-30-22-8-3-2-6-19(22)25-14-12-24(13-15-25)11-5-4-7-20(26)17-9-10-21(27)18(16-17)23(28)29/h2-3,6,8-10,16,27H,4-5,7,11-15H2,1H3,(H,28,29). The monoisotopic (exact) mass is 412 g/mol. The van der Waals surface area contributed by atoms with Crippen LogP contribution in [0.2, 0.25) is 0 Å². The van der Waals surface area contributed by atoms with Crippen LogP contribution in [0.4, 0.5) is 5.69 Å². The van der Waals surface area contributed by atoms with Crippen LogP contribution in [0.3, 0.4) is 0 Å². The van der Waals surface area contributed by atoms with E-state index >= 15 is 0 Å². The highest BCUT2D eigenvalue weighted by molar-refractivity contribution is 5.99. The highest BCUT2D eigenvalue weighted by atomic mass is 16.5. The van der Waals surface area contributed by atoms with Gasteiger partial charge in [0, 0.05) is 38.2 Å². The molecule has 1 saturated heterocycles. The first-order valence-corrected chi connectivity index (χ1v) is 10.2. The second-order valence-corrected chi connectivity index (χ2v) is 7.42. The molecule has 0 atom stereocenters. The van der Waals surface area contributed by atoms with Crippen molar-refractivity contribution in [3.63, 3.8) is 0 Å². The smallest absolute Gasteiger partial charge is 0.339 e. The van der Waals surface area contributed by atoms with Gasteiger partial charge in [0.2, 0.25) is 0 Å². The zero-order valence-corrected chi connectivity index (χ0v) is 17.2. The average molecular weight is 412 g/mol. The first-order chi connectivity index (χ1) is 14.5. The van der Waals surface area contributed by atoms with E-state index in [0.29, 0.717) is 12.0 Å². The number of phenols is 1. The summed E-state index contributed by atoms with van der Waals surface area (Å²) in [6.07, 6.45) is 2.02. The Bertz CT molecular complexity index is 891. The number of carboxylic acids is 1. The fourth-order valence-corrected chi connectivity index (χ4v) is 3.75. The Kier molecular flexibility index (Phi) is 7.30. The fourth-order valence-electron chi connectivity index (χ4n) is 3.75. The molecule has 1 fully saturated rings. The molecular weight excluding hydrogens is 384 g/mol. The summed E-state index contributed by atoms with van der Waals surface area (Å²) < 4.78 is 5.46. The molecule has 0 amide bonds. The maximum Gasteiger partial charge on any atom is 0.339 e. The lowest BCUT2D eigenvalue weighted by Gasteiger charge is -2.36. The van der Waals surface area contributed by atoms with Gasteiger partial charge in [0.15, 0.2) is 5.78 Å². The van der Waals surface area contributed by atoms with Crippen LogP contribution in [-0.2, 0) is 0 Å². The summed E-state index contributed by atoms with van der Waals surface area (Å²) in [4.78, 5) is 28.2. The number of hydrogen-bond donors (Lipinski definition) is 2. The third-order valence-electron chi connectivity index (χ3n) is 5.48. The van der Waals surface area contributed by atoms with Crippen LogP contribution in [0.5, 0.6) is 11.5 Å². The number of aromatic carboxylic acids is 1. The van der Waals surface area contributed by atoms with Crippen molar-refractivity contribution >= 4 is 17.4 Å². The molecule has 7 nitrogen and oxygen atoms in total. The summed E-state index contributed by atoms with van der Waals surface area (Å²) in [5.74, 6) is -0.774. The van der Waals surface area contributed by atoms with Gasteiger partial charge in [-0.1, -0.05) is 12.1 Å². The first kappa shape index (κ1) is 21.6. The third kappa shape index (κ3) is 5.30. The van der Waals surface area contributed by atoms with Crippen molar-refractivity contribution in [2.75, 3.05) is 44.7 Å². The number of rotatable bonds is 9. The van der Waals surface area contributed by atoms with Gasteiger partial charge in [-0.2, -0.15) is 0 Å². The Labute approximate surface area is 176 Å². The lowest BCUT2D eigenvalue weighted by molar-refractivity contribution is 0.0693. The molecule has 30 heavy (non-hydrogen) atoms. The van der Waals surface area contributed by atoms with Gasteiger partial charge in [0.25, 0.3) is 0 Å². The van der Waals surface area contributed by atoms with Crippen molar-refractivity contribution in [3.8, 4) is 11.5 Å². The van der Waals surface area contributed by atoms with Crippen LogP contribution in [0.25, 0.3) is 0 Å². The number of carbonyl (C=O) groups is 2. The molecule has 1 aliphatic heterocycles. The molecule has 0 unspecified atom stereocenters. The molecule has 0 spiro atoms. The van der Waals surface area contributed by atoms with E-state index in [4.69, 9.17) is 9.84 Å². The van der Waals surface area contributed by atoms with E-state index in [0.717, 1.165) is 57.0 Å². The predicted octanol–water partition coefficient (Wildman–Crippen LogP) is 3.27. The Morgan fingerprint density at radius 3 is 2.47 bits per heavy atom. The molecule has 0 radical (unpaired) electrons. The second-order valence-electron chi connectivity index (χ2n) is 7.42. The SMILES string of the molecule is COc1ccccc1N1CCN(CCCCC(=O)c2ccc(O)c(C(=O)O)c2)CC1. The van der Waals surface area contributed by atoms with Crippen LogP contribution in [0.15, 0.2) is 42.5 Å². The Hall–Kier alpha value is -3.06. The van der Waals surface area contributed by atoms with Crippen molar-refractivity contribution in [1.29, 1.82) is 0 Å². The van der Waals surface area contributed by atoms with Crippen LogP contribution in [0, 0.1) is 0 Å². The van der Waals surface area contributed by atoms with Crippen LogP contribution in [-0.4, -0.2) is 66.7 Å². The zero-order valence-electron chi connectivity index (χ0n) is 17.2. The van der Waals surface area contributed by atoms with E-state index in [1.54, 1.807) is 7.11 Å². The van der Waals surface area contributed by atoms with Crippen molar-refractivity contribution < 1.29 is 24.5 Å². The summed E-state index contributed by atoms with van der Waals surface area (Å²) in [6, 6.07) is 12.0. The molecule has 1 heterocycles. The number of piperazine rings is 1. The number of carbonyl (C=O) groups excluding carboxylic acids is 1. The minimum atomic E-state index is -1.24. The topological polar surface area (TPSA) is 90.3 Å². The molecule has 2 aromatic carbocycles.